The number of nitriles is 1. The van der Waals surface area contributed by atoms with Crippen LogP contribution in [0.15, 0.2) is 36.5 Å². The molecule has 0 N–H and O–H groups in total. The van der Waals surface area contributed by atoms with Crippen molar-refractivity contribution < 1.29 is 19.0 Å². The van der Waals surface area contributed by atoms with Gasteiger partial charge in [0.05, 0.1) is 25.4 Å². The molecule has 0 spiro atoms. The highest BCUT2D eigenvalue weighted by atomic mass is 16.5. The lowest BCUT2D eigenvalue weighted by Crippen LogP contribution is -2.07. The van der Waals surface area contributed by atoms with Crippen LogP contribution in [0.1, 0.15) is 43.4 Å². The lowest BCUT2D eigenvalue weighted by molar-refractivity contribution is -0.143. The molecule has 0 atom stereocenters. The first-order valence-electron chi connectivity index (χ1n) is 9.55. The molecule has 0 saturated heterocycles. The van der Waals surface area contributed by atoms with Crippen LogP contribution in [0.2, 0.25) is 0 Å². The molecule has 0 amide bonds. The summed E-state index contributed by atoms with van der Waals surface area (Å²) in [6.45, 7) is 5.33. The summed E-state index contributed by atoms with van der Waals surface area (Å²) in [4.78, 5) is 15.6. The average molecular weight is 382 g/mol. The Labute approximate surface area is 166 Å². The molecule has 1 aromatic heterocycles. The molecule has 148 valence electrons. The molecule has 6 nitrogen and oxygen atoms in total. The Hall–Kier alpha value is -3.07. The first-order valence-corrected chi connectivity index (χ1v) is 9.55. The van der Waals surface area contributed by atoms with Crippen molar-refractivity contribution in [2.75, 3.05) is 19.8 Å². The van der Waals surface area contributed by atoms with Crippen molar-refractivity contribution >= 4 is 5.97 Å². The Morgan fingerprint density at radius 2 is 1.93 bits per heavy atom. The van der Waals surface area contributed by atoms with Crippen molar-refractivity contribution in [3.8, 4) is 17.7 Å². The van der Waals surface area contributed by atoms with Crippen LogP contribution in [0.5, 0.6) is 11.6 Å². The summed E-state index contributed by atoms with van der Waals surface area (Å²) >= 11 is 0. The molecule has 0 aliphatic rings. The Morgan fingerprint density at radius 1 is 1.11 bits per heavy atom. The van der Waals surface area contributed by atoms with E-state index in [9.17, 15) is 4.79 Å². The lowest BCUT2D eigenvalue weighted by atomic mass is 10.0. The minimum atomic E-state index is -0.165. The van der Waals surface area contributed by atoms with Gasteiger partial charge in [-0.15, -0.1) is 0 Å². The molecule has 1 aromatic carbocycles. The van der Waals surface area contributed by atoms with E-state index < -0.39 is 0 Å². The van der Waals surface area contributed by atoms with Gasteiger partial charge in [-0.25, -0.2) is 4.98 Å². The molecule has 0 radical (unpaired) electrons. The predicted octanol–water partition coefficient (Wildman–Crippen LogP) is 3.86. The van der Waals surface area contributed by atoms with E-state index in [2.05, 4.69) is 11.9 Å². The zero-order valence-corrected chi connectivity index (χ0v) is 16.4. The minimum absolute atomic E-state index is 0.165. The van der Waals surface area contributed by atoms with Gasteiger partial charge in [0.25, 0.3) is 0 Å². The van der Waals surface area contributed by atoms with Crippen molar-refractivity contribution in [2.45, 2.75) is 39.5 Å². The summed E-state index contributed by atoms with van der Waals surface area (Å²) in [5.74, 6) is 1.15. The second-order valence-corrected chi connectivity index (χ2v) is 6.14. The Balaban J connectivity index is 1.75. The van der Waals surface area contributed by atoms with Gasteiger partial charge in [0.2, 0.25) is 5.88 Å². The molecule has 0 unspecified atom stereocenters. The van der Waals surface area contributed by atoms with Crippen molar-refractivity contribution in [3.63, 3.8) is 0 Å². The fourth-order valence-electron chi connectivity index (χ4n) is 2.69. The van der Waals surface area contributed by atoms with Gasteiger partial charge in [-0.05, 0) is 49.1 Å². The highest BCUT2D eigenvalue weighted by molar-refractivity contribution is 5.69. The molecule has 0 aliphatic heterocycles. The molecule has 0 saturated carbocycles. The van der Waals surface area contributed by atoms with E-state index in [0.717, 1.165) is 17.7 Å². The monoisotopic (exact) mass is 382 g/mol. The van der Waals surface area contributed by atoms with E-state index in [1.807, 2.05) is 31.2 Å². The smallest absolute Gasteiger partial charge is 0.306 e. The number of esters is 1. The molecular formula is C22H26N2O4. The number of pyridine rings is 1. The Morgan fingerprint density at radius 3 is 2.61 bits per heavy atom. The van der Waals surface area contributed by atoms with Gasteiger partial charge >= 0.3 is 5.97 Å². The van der Waals surface area contributed by atoms with Crippen molar-refractivity contribution in [1.82, 2.24) is 4.98 Å². The highest BCUT2D eigenvalue weighted by Gasteiger charge is 2.07. The number of ether oxygens (including phenoxy) is 3. The summed E-state index contributed by atoms with van der Waals surface area (Å²) < 4.78 is 16.3. The third-order valence-corrected chi connectivity index (χ3v) is 4.14. The number of rotatable bonds is 11. The standard InChI is InChI=1S/C22H26N2O4/c1-3-18-14-20(9-7-19(18)8-11-22(25)26-4-2)27-12-5-13-28-21-10-6-17(15-23)16-24-21/h6-7,9-10,14,16H,3-5,8,11-13H2,1-2H3. The van der Waals surface area contributed by atoms with Crippen LogP contribution >= 0.6 is 0 Å². The number of aryl methyl sites for hydroxylation is 2. The molecule has 28 heavy (non-hydrogen) atoms. The molecule has 0 aliphatic carbocycles. The second-order valence-electron chi connectivity index (χ2n) is 6.14. The van der Waals surface area contributed by atoms with E-state index in [1.165, 1.54) is 11.8 Å². The van der Waals surface area contributed by atoms with Gasteiger partial charge in [0.1, 0.15) is 11.8 Å². The fraction of sp³-hybridized carbons (Fsp3) is 0.409. The van der Waals surface area contributed by atoms with Crippen LogP contribution in [0, 0.1) is 11.3 Å². The fourth-order valence-corrected chi connectivity index (χ4v) is 2.69. The van der Waals surface area contributed by atoms with Crippen LogP contribution in [0.4, 0.5) is 0 Å². The van der Waals surface area contributed by atoms with Crippen molar-refractivity contribution in [2.24, 2.45) is 0 Å². The summed E-state index contributed by atoms with van der Waals surface area (Å²) in [5.41, 5.74) is 2.84. The average Bonchev–Trinajstić information content (AvgIpc) is 2.73. The van der Waals surface area contributed by atoms with E-state index in [0.29, 0.717) is 50.5 Å². The Bertz CT molecular complexity index is 797. The van der Waals surface area contributed by atoms with Gasteiger partial charge in [0.15, 0.2) is 0 Å². The van der Waals surface area contributed by atoms with Crippen molar-refractivity contribution in [1.29, 1.82) is 5.26 Å². The summed E-state index contributed by atoms with van der Waals surface area (Å²) in [7, 11) is 0. The van der Waals surface area contributed by atoms with Crippen LogP contribution < -0.4 is 9.47 Å². The van der Waals surface area contributed by atoms with E-state index >= 15 is 0 Å². The second kappa shape index (κ2) is 11.6. The molecule has 6 heteroatoms. The zero-order chi connectivity index (χ0) is 20.2. The predicted molar refractivity (Wildman–Crippen MR) is 105 cm³/mol. The van der Waals surface area contributed by atoms with E-state index in [-0.39, 0.29) is 5.97 Å². The summed E-state index contributed by atoms with van der Waals surface area (Å²) in [5, 5.41) is 8.75. The third kappa shape index (κ3) is 6.92. The van der Waals surface area contributed by atoms with E-state index in [4.69, 9.17) is 19.5 Å². The van der Waals surface area contributed by atoms with Crippen LogP contribution in [0.3, 0.4) is 0 Å². The van der Waals surface area contributed by atoms with Gasteiger partial charge in [-0.2, -0.15) is 5.26 Å². The topological polar surface area (TPSA) is 81.4 Å². The first-order chi connectivity index (χ1) is 13.7. The number of nitrogens with zero attached hydrogens (tertiary/aromatic N) is 2. The zero-order valence-electron chi connectivity index (χ0n) is 16.4. The van der Waals surface area contributed by atoms with Gasteiger partial charge in [-0.3, -0.25) is 4.79 Å². The number of carbonyl (C=O) groups is 1. The van der Waals surface area contributed by atoms with Crippen molar-refractivity contribution in [3.05, 3.63) is 53.2 Å². The number of benzene rings is 1. The largest absolute Gasteiger partial charge is 0.493 e. The molecule has 0 fully saturated rings. The third-order valence-electron chi connectivity index (χ3n) is 4.14. The number of hydrogen-bond donors (Lipinski definition) is 0. The maximum atomic E-state index is 11.5. The Kier molecular flexibility index (Phi) is 8.80. The van der Waals surface area contributed by atoms with Crippen LogP contribution in [-0.2, 0) is 22.4 Å². The minimum Gasteiger partial charge on any atom is -0.493 e. The molecule has 1 heterocycles. The molecule has 2 aromatic rings. The number of aromatic nitrogens is 1. The number of carbonyl (C=O) groups excluding carboxylic acids is 1. The van der Waals surface area contributed by atoms with Crippen LogP contribution in [-0.4, -0.2) is 30.8 Å². The lowest BCUT2D eigenvalue weighted by Gasteiger charge is -2.12. The van der Waals surface area contributed by atoms with Gasteiger partial charge in [0, 0.05) is 25.1 Å². The SMILES string of the molecule is CCOC(=O)CCc1ccc(OCCCOc2ccc(C#N)cn2)cc1CC. The normalized spacial score (nSPS) is 10.2. The quantitative estimate of drug-likeness (QED) is 0.434. The summed E-state index contributed by atoms with van der Waals surface area (Å²) in [6, 6.07) is 11.4. The molecular weight excluding hydrogens is 356 g/mol. The summed E-state index contributed by atoms with van der Waals surface area (Å²) in [6.07, 6.45) is 4.15. The van der Waals surface area contributed by atoms with Crippen LogP contribution in [0.25, 0.3) is 0 Å². The van der Waals surface area contributed by atoms with E-state index in [1.54, 1.807) is 12.1 Å². The highest BCUT2D eigenvalue weighted by Crippen LogP contribution is 2.20. The molecule has 0 bridgehead atoms. The number of hydrogen-bond acceptors (Lipinski definition) is 6. The maximum absolute atomic E-state index is 11.5. The first kappa shape index (κ1) is 21.2. The van der Waals surface area contributed by atoms with Gasteiger partial charge in [-0.1, -0.05) is 13.0 Å². The molecule has 2 rings (SSSR count). The van der Waals surface area contributed by atoms with Gasteiger partial charge < -0.3 is 14.2 Å². The maximum Gasteiger partial charge on any atom is 0.306 e.